The van der Waals surface area contributed by atoms with Gasteiger partial charge in [-0.3, -0.25) is 14.2 Å². The van der Waals surface area contributed by atoms with Crippen LogP contribution in [0.1, 0.15) is 20.0 Å². The third kappa shape index (κ3) is 3.21. The number of hydrogen-bond donors (Lipinski definition) is 0. The molecule has 0 fully saturated rings. The maximum Gasteiger partial charge on any atom is 0.264 e. The summed E-state index contributed by atoms with van der Waals surface area (Å²) in [6.07, 6.45) is 0. The summed E-state index contributed by atoms with van der Waals surface area (Å²) in [7, 11) is 0. The number of fused-ring (bicyclic) bond motifs is 1. The van der Waals surface area contributed by atoms with Gasteiger partial charge < -0.3 is 0 Å². The van der Waals surface area contributed by atoms with Crippen LogP contribution in [-0.4, -0.2) is 27.0 Å². The van der Waals surface area contributed by atoms with Crippen LogP contribution in [0.4, 0.5) is 0 Å². The van der Waals surface area contributed by atoms with Crippen molar-refractivity contribution in [3.05, 3.63) is 82.6 Å². The minimum absolute atomic E-state index is 0.0377. The lowest BCUT2D eigenvalue weighted by molar-refractivity contribution is 0.0953. The van der Waals surface area contributed by atoms with Crippen LogP contribution in [0.15, 0.2) is 77.3 Å². The molecule has 128 valence electrons. The summed E-state index contributed by atoms with van der Waals surface area (Å²) in [6, 6.07) is 20.3. The lowest BCUT2D eigenvalue weighted by Gasteiger charge is -2.07. The van der Waals surface area contributed by atoms with Crippen LogP contribution in [-0.2, 0) is 0 Å². The lowest BCUT2D eigenvalue weighted by Crippen LogP contribution is -2.13. The first-order valence-electron chi connectivity index (χ1n) is 8.01. The van der Waals surface area contributed by atoms with Gasteiger partial charge in [-0.2, -0.15) is 0 Å². The van der Waals surface area contributed by atoms with E-state index in [1.54, 1.807) is 16.7 Å². The summed E-state index contributed by atoms with van der Waals surface area (Å²) in [4.78, 5) is 30.6. The molecule has 0 saturated heterocycles. The van der Waals surface area contributed by atoms with Crippen molar-refractivity contribution in [3.8, 4) is 0 Å². The Morgan fingerprint density at radius 3 is 2.50 bits per heavy atom. The number of thioether (sulfide) groups is 1. The fraction of sp³-hybridized carbons (Fsp3) is 0.0500. The third-order valence-electron chi connectivity index (χ3n) is 3.88. The van der Waals surface area contributed by atoms with Crippen LogP contribution >= 0.6 is 23.1 Å². The maximum absolute atomic E-state index is 13.0. The van der Waals surface area contributed by atoms with E-state index < -0.39 is 0 Å². The Morgan fingerprint density at radius 2 is 1.73 bits per heavy atom. The third-order valence-corrected chi connectivity index (χ3v) is 5.73. The highest BCUT2D eigenvalue weighted by Gasteiger charge is 2.19. The van der Waals surface area contributed by atoms with Crippen LogP contribution in [0.5, 0.6) is 0 Å². The molecule has 4 nitrogen and oxygen atoms in total. The number of Topliss-reactive ketones (excluding diaryl/α,β-unsaturated/α-hetero) is 1. The van der Waals surface area contributed by atoms with Gasteiger partial charge in [-0.05, 0) is 35.7 Å². The molecule has 4 aromatic rings. The topological polar surface area (TPSA) is 52.0 Å². The molecular weight excluding hydrogens is 364 g/mol. The molecule has 2 aromatic heterocycles. The van der Waals surface area contributed by atoms with Crippen molar-refractivity contribution in [2.45, 2.75) is 5.16 Å². The van der Waals surface area contributed by atoms with Crippen LogP contribution in [0.2, 0.25) is 0 Å². The highest BCUT2D eigenvalue weighted by Crippen LogP contribution is 2.26. The molecule has 0 N–H and O–H groups in total. The molecule has 4 rings (SSSR count). The molecule has 0 saturated carbocycles. The summed E-state index contributed by atoms with van der Waals surface area (Å²) < 4.78 is 1.59. The van der Waals surface area contributed by atoms with Crippen LogP contribution in [0.25, 0.3) is 11.0 Å². The number of imidazole rings is 1. The van der Waals surface area contributed by atoms with Gasteiger partial charge in [-0.15, -0.1) is 11.3 Å². The predicted molar refractivity (Wildman–Crippen MR) is 105 cm³/mol. The smallest absolute Gasteiger partial charge is 0.264 e. The van der Waals surface area contributed by atoms with Crippen molar-refractivity contribution < 1.29 is 9.59 Å². The van der Waals surface area contributed by atoms with Crippen LogP contribution in [0.3, 0.4) is 0 Å². The number of carbonyl (C=O) groups excluding carboxylic acids is 2. The Kier molecular flexibility index (Phi) is 4.69. The zero-order valence-electron chi connectivity index (χ0n) is 13.7. The Balaban J connectivity index is 1.70. The Morgan fingerprint density at radius 1 is 0.962 bits per heavy atom. The second-order valence-electron chi connectivity index (χ2n) is 5.58. The molecule has 6 heteroatoms. The van der Waals surface area contributed by atoms with Gasteiger partial charge in [0, 0.05) is 5.56 Å². The number of aromatic nitrogens is 2. The van der Waals surface area contributed by atoms with Gasteiger partial charge in [0.25, 0.3) is 5.91 Å². The second kappa shape index (κ2) is 7.27. The van der Waals surface area contributed by atoms with Crippen molar-refractivity contribution in [2.24, 2.45) is 0 Å². The van der Waals surface area contributed by atoms with Gasteiger partial charge in [-0.1, -0.05) is 48.2 Å². The van der Waals surface area contributed by atoms with Gasteiger partial charge in [0.15, 0.2) is 10.9 Å². The molecule has 0 atom stereocenters. The summed E-state index contributed by atoms with van der Waals surface area (Å²) in [6.45, 7) is 0. The van der Waals surface area contributed by atoms with E-state index in [4.69, 9.17) is 0 Å². The number of carbonyl (C=O) groups is 2. The average Bonchev–Trinajstić information content (AvgIpc) is 3.34. The standard InChI is InChI=1S/C20H14N2O2S2/c23-17(18-11-6-12-25-18)13-26-20-21-15-9-4-5-10-16(15)22(20)19(24)14-7-2-1-3-8-14/h1-12H,13H2. The summed E-state index contributed by atoms with van der Waals surface area (Å²) in [5.41, 5.74) is 2.07. The van der Waals surface area contributed by atoms with E-state index in [9.17, 15) is 9.59 Å². The normalized spacial score (nSPS) is 10.9. The van der Waals surface area contributed by atoms with Gasteiger partial charge in [0.1, 0.15) is 0 Å². The number of ketones is 1. The molecule has 0 aliphatic rings. The number of para-hydroxylation sites is 2. The first-order chi connectivity index (χ1) is 12.7. The first kappa shape index (κ1) is 16.8. The van der Waals surface area contributed by atoms with Crippen molar-refractivity contribution in [2.75, 3.05) is 5.75 Å². The minimum Gasteiger partial charge on any atom is -0.292 e. The monoisotopic (exact) mass is 378 g/mol. The number of nitrogens with zero attached hydrogens (tertiary/aromatic N) is 2. The zero-order valence-corrected chi connectivity index (χ0v) is 15.3. The second-order valence-corrected chi connectivity index (χ2v) is 7.47. The number of benzene rings is 2. The lowest BCUT2D eigenvalue weighted by atomic mass is 10.2. The first-order valence-corrected chi connectivity index (χ1v) is 9.87. The molecule has 0 unspecified atom stereocenters. The molecule has 0 bridgehead atoms. The van der Waals surface area contributed by atoms with E-state index >= 15 is 0 Å². The summed E-state index contributed by atoms with van der Waals surface area (Å²) in [5.74, 6) is 0.132. The van der Waals surface area contributed by atoms with Gasteiger partial charge in [-0.25, -0.2) is 4.98 Å². The van der Waals surface area contributed by atoms with E-state index in [1.807, 2.05) is 60.0 Å². The van der Waals surface area contributed by atoms with Gasteiger partial charge in [0.05, 0.1) is 21.7 Å². The molecule has 0 aliphatic heterocycles. The molecule has 2 heterocycles. The average molecular weight is 378 g/mol. The molecule has 0 spiro atoms. The number of rotatable bonds is 5. The number of hydrogen-bond acceptors (Lipinski definition) is 5. The van der Waals surface area contributed by atoms with E-state index in [0.29, 0.717) is 10.7 Å². The van der Waals surface area contributed by atoms with E-state index in [-0.39, 0.29) is 17.4 Å². The summed E-state index contributed by atoms with van der Waals surface area (Å²) >= 11 is 2.71. The van der Waals surface area contributed by atoms with Crippen molar-refractivity contribution in [1.82, 2.24) is 9.55 Å². The number of thiophene rings is 1. The largest absolute Gasteiger partial charge is 0.292 e. The Labute approximate surface area is 158 Å². The van der Waals surface area contributed by atoms with E-state index in [0.717, 1.165) is 15.9 Å². The molecular formula is C20H14N2O2S2. The highest BCUT2D eigenvalue weighted by molar-refractivity contribution is 7.99. The van der Waals surface area contributed by atoms with E-state index in [1.165, 1.54) is 23.1 Å². The molecule has 0 radical (unpaired) electrons. The quantitative estimate of drug-likeness (QED) is 0.371. The molecule has 26 heavy (non-hydrogen) atoms. The van der Waals surface area contributed by atoms with Crippen molar-refractivity contribution >= 4 is 45.8 Å². The fourth-order valence-electron chi connectivity index (χ4n) is 2.65. The van der Waals surface area contributed by atoms with Crippen LogP contribution in [0, 0.1) is 0 Å². The fourth-order valence-corrected chi connectivity index (χ4v) is 4.29. The Bertz CT molecular complexity index is 1070. The summed E-state index contributed by atoms with van der Waals surface area (Å²) in [5, 5.41) is 2.41. The highest BCUT2D eigenvalue weighted by atomic mass is 32.2. The van der Waals surface area contributed by atoms with Gasteiger partial charge in [0.2, 0.25) is 0 Å². The Hall–Kier alpha value is -2.70. The zero-order chi connectivity index (χ0) is 17.9. The van der Waals surface area contributed by atoms with Crippen molar-refractivity contribution in [1.29, 1.82) is 0 Å². The van der Waals surface area contributed by atoms with Crippen molar-refractivity contribution in [3.63, 3.8) is 0 Å². The SMILES string of the molecule is O=C(CSc1nc2ccccc2n1C(=O)c1ccccc1)c1cccs1. The molecule has 0 amide bonds. The minimum atomic E-state index is -0.148. The van der Waals surface area contributed by atoms with E-state index in [2.05, 4.69) is 4.98 Å². The van der Waals surface area contributed by atoms with Crippen LogP contribution < -0.4 is 0 Å². The maximum atomic E-state index is 13.0. The molecule has 2 aromatic carbocycles. The van der Waals surface area contributed by atoms with Gasteiger partial charge >= 0.3 is 0 Å². The predicted octanol–water partition coefficient (Wildman–Crippen LogP) is 4.76. The molecule has 0 aliphatic carbocycles.